The van der Waals surface area contributed by atoms with Crippen LogP contribution in [0.4, 0.5) is 5.69 Å². The van der Waals surface area contributed by atoms with Gasteiger partial charge in [-0.05, 0) is 65.7 Å². The van der Waals surface area contributed by atoms with Gasteiger partial charge in [-0.3, -0.25) is 4.79 Å². The Morgan fingerprint density at radius 3 is 2.48 bits per heavy atom. The molecule has 0 aliphatic heterocycles. The zero-order chi connectivity index (χ0) is 18.9. The average Bonchev–Trinajstić information content (AvgIpc) is 3.21. The van der Waals surface area contributed by atoms with Crippen molar-refractivity contribution < 1.29 is 14.3 Å². The fraction of sp³-hybridized carbons (Fsp3) is 0.190. The van der Waals surface area contributed by atoms with E-state index in [-0.39, 0.29) is 12.5 Å². The van der Waals surface area contributed by atoms with E-state index < -0.39 is 0 Å². The number of benzene rings is 2. The van der Waals surface area contributed by atoms with Gasteiger partial charge in [0.25, 0.3) is 5.91 Å². The Labute approximate surface area is 167 Å². The Bertz CT molecular complexity index is 848. The Kier molecular flexibility index (Phi) is 7.19. The van der Waals surface area contributed by atoms with Gasteiger partial charge in [-0.2, -0.15) is 11.3 Å². The number of hydrogen-bond acceptors (Lipinski definition) is 5. The fourth-order valence-electron chi connectivity index (χ4n) is 2.37. The molecule has 0 unspecified atom stereocenters. The van der Waals surface area contributed by atoms with Crippen LogP contribution in [0.3, 0.4) is 0 Å². The van der Waals surface area contributed by atoms with Crippen molar-refractivity contribution in [3.63, 3.8) is 0 Å². The van der Waals surface area contributed by atoms with Crippen molar-refractivity contribution in [2.24, 2.45) is 0 Å². The molecule has 1 aromatic heterocycles. The molecule has 6 heteroatoms. The first kappa shape index (κ1) is 19.3. The normalized spacial score (nSPS) is 10.4. The molecule has 3 aromatic rings. The minimum absolute atomic E-state index is 0.0441. The number of anilines is 1. The number of ether oxygens (including phenoxy) is 2. The molecule has 1 heterocycles. The molecule has 0 bridgehead atoms. The zero-order valence-electron chi connectivity index (χ0n) is 15.0. The molecule has 0 saturated carbocycles. The second-order valence-corrected chi connectivity index (χ2v) is 7.45. The summed E-state index contributed by atoms with van der Waals surface area (Å²) in [6, 6.07) is 17.2. The molecule has 0 fully saturated rings. The Morgan fingerprint density at radius 2 is 1.78 bits per heavy atom. The lowest BCUT2D eigenvalue weighted by Gasteiger charge is -2.11. The van der Waals surface area contributed by atoms with E-state index in [4.69, 9.17) is 9.47 Å². The van der Waals surface area contributed by atoms with Crippen molar-refractivity contribution in [2.45, 2.75) is 17.6 Å². The van der Waals surface area contributed by atoms with Crippen LogP contribution >= 0.6 is 23.1 Å². The summed E-state index contributed by atoms with van der Waals surface area (Å²) < 4.78 is 11.0. The highest BCUT2D eigenvalue weighted by molar-refractivity contribution is 7.98. The van der Waals surface area contributed by atoms with Crippen molar-refractivity contribution in [3.05, 3.63) is 70.9 Å². The van der Waals surface area contributed by atoms with Crippen LogP contribution in [0, 0.1) is 0 Å². The highest BCUT2D eigenvalue weighted by Gasteiger charge is 2.08. The summed E-state index contributed by atoms with van der Waals surface area (Å²) >= 11 is 3.39. The number of amides is 1. The molecular formula is C21H21NO3S2. The summed E-state index contributed by atoms with van der Waals surface area (Å²) in [7, 11) is 0. The number of carbonyl (C=O) groups excluding carboxylic acids is 1. The second kappa shape index (κ2) is 10.0. The summed E-state index contributed by atoms with van der Waals surface area (Å²) in [5.41, 5.74) is 2.09. The Balaban J connectivity index is 1.52. The third-order valence-corrected chi connectivity index (χ3v) is 5.52. The van der Waals surface area contributed by atoms with Crippen LogP contribution in [-0.2, 0) is 10.5 Å². The molecule has 4 nitrogen and oxygen atoms in total. The van der Waals surface area contributed by atoms with E-state index in [0.29, 0.717) is 12.4 Å². The van der Waals surface area contributed by atoms with E-state index in [9.17, 15) is 4.79 Å². The maximum Gasteiger partial charge on any atom is 0.262 e. The fourth-order valence-corrected chi connectivity index (χ4v) is 4.09. The van der Waals surface area contributed by atoms with Gasteiger partial charge in [-0.15, -0.1) is 11.8 Å². The third-order valence-electron chi connectivity index (χ3n) is 3.64. The van der Waals surface area contributed by atoms with E-state index in [1.807, 2.05) is 43.3 Å². The molecule has 3 rings (SSSR count). The minimum Gasteiger partial charge on any atom is -0.494 e. The van der Waals surface area contributed by atoms with Crippen molar-refractivity contribution in [3.8, 4) is 11.5 Å². The zero-order valence-corrected chi connectivity index (χ0v) is 16.6. The molecule has 0 aliphatic rings. The molecule has 140 valence electrons. The van der Waals surface area contributed by atoms with Gasteiger partial charge in [0.2, 0.25) is 0 Å². The predicted molar refractivity (Wildman–Crippen MR) is 112 cm³/mol. The highest BCUT2D eigenvalue weighted by Crippen LogP contribution is 2.30. The summed E-state index contributed by atoms with van der Waals surface area (Å²) in [5.74, 6) is 2.10. The monoisotopic (exact) mass is 399 g/mol. The molecule has 0 radical (unpaired) electrons. The van der Waals surface area contributed by atoms with E-state index in [2.05, 4.69) is 22.1 Å². The van der Waals surface area contributed by atoms with Crippen molar-refractivity contribution in [1.82, 2.24) is 0 Å². The van der Waals surface area contributed by atoms with Gasteiger partial charge in [0.1, 0.15) is 11.5 Å². The van der Waals surface area contributed by atoms with Crippen LogP contribution in [0.5, 0.6) is 11.5 Å². The van der Waals surface area contributed by atoms with Crippen LogP contribution in [0.25, 0.3) is 0 Å². The van der Waals surface area contributed by atoms with Gasteiger partial charge >= 0.3 is 0 Å². The Morgan fingerprint density at radius 1 is 1.04 bits per heavy atom. The first-order valence-electron chi connectivity index (χ1n) is 8.63. The summed E-state index contributed by atoms with van der Waals surface area (Å²) in [6.07, 6.45) is 0. The van der Waals surface area contributed by atoms with E-state index in [0.717, 1.165) is 22.1 Å². The largest absolute Gasteiger partial charge is 0.494 e. The number of nitrogens with one attached hydrogen (secondary N) is 1. The molecule has 0 atom stereocenters. The molecule has 0 aliphatic carbocycles. The number of carbonyl (C=O) groups is 1. The summed E-state index contributed by atoms with van der Waals surface area (Å²) in [5, 5.41) is 7.14. The molecule has 1 amide bonds. The first-order valence-corrected chi connectivity index (χ1v) is 10.6. The second-order valence-electron chi connectivity index (χ2n) is 5.66. The minimum atomic E-state index is -0.188. The molecule has 0 saturated heterocycles. The van der Waals surface area contributed by atoms with Gasteiger partial charge in [-0.1, -0.05) is 12.1 Å². The number of rotatable bonds is 9. The average molecular weight is 400 g/mol. The van der Waals surface area contributed by atoms with Gasteiger partial charge in [0.15, 0.2) is 6.61 Å². The van der Waals surface area contributed by atoms with E-state index >= 15 is 0 Å². The van der Waals surface area contributed by atoms with Crippen molar-refractivity contribution >= 4 is 34.7 Å². The first-order chi connectivity index (χ1) is 13.2. The van der Waals surface area contributed by atoms with Crippen LogP contribution in [-0.4, -0.2) is 19.1 Å². The van der Waals surface area contributed by atoms with Crippen molar-refractivity contribution in [2.75, 3.05) is 18.5 Å². The topological polar surface area (TPSA) is 47.6 Å². The van der Waals surface area contributed by atoms with Gasteiger partial charge in [0, 0.05) is 10.6 Å². The van der Waals surface area contributed by atoms with Crippen LogP contribution in [0.1, 0.15) is 12.5 Å². The third kappa shape index (κ3) is 6.05. The van der Waals surface area contributed by atoms with Crippen LogP contribution in [0.2, 0.25) is 0 Å². The summed E-state index contributed by atoms with van der Waals surface area (Å²) in [4.78, 5) is 13.3. The molecule has 1 N–H and O–H groups in total. The molecular weight excluding hydrogens is 378 g/mol. The van der Waals surface area contributed by atoms with Gasteiger partial charge in [-0.25, -0.2) is 0 Å². The molecule has 0 spiro atoms. The predicted octanol–water partition coefficient (Wildman–Crippen LogP) is 5.46. The highest BCUT2D eigenvalue weighted by atomic mass is 32.2. The SMILES string of the molecule is CCOc1ccc(OCC(=O)Nc2ccccc2SCc2ccsc2)cc1. The summed E-state index contributed by atoms with van der Waals surface area (Å²) in [6.45, 7) is 2.51. The smallest absolute Gasteiger partial charge is 0.262 e. The standard InChI is InChI=1S/C21H21NO3S2/c1-2-24-17-7-9-18(10-8-17)25-13-21(23)22-19-5-3-4-6-20(19)27-15-16-11-12-26-14-16/h3-12,14H,2,13,15H2,1H3,(H,22,23). The number of thiophene rings is 1. The van der Waals surface area contributed by atoms with E-state index in [1.54, 1.807) is 35.2 Å². The number of para-hydroxylation sites is 1. The van der Waals surface area contributed by atoms with E-state index in [1.165, 1.54) is 5.56 Å². The number of thioether (sulfide) groups is 1. The van der Waals surface area contributed by atoms with Crippen molar-refractivity contribution in [1.29, 1.82) is 0 Å². The van der Waals surface area contributed by atoms with Crippen LogP contribution in [0.15, 0.2) is 70.3 Å². The quantitative estimate of drug-likeness (QED) is 0.486. The van der Waals surface area contributed by atoms with Crippen LogP contribution < -0.4 is 14.8 Å². The maximum absolute atomic E-state index is 12.3. The lowest BCUT2D eigenvalue weighted by Crippen LogP contribution is -2.20. The maximum atomic E-state index is 12.3. The number of hydrogen-bond donors (Lipinski definition) is 1. The Hall–Kier alpha value is -2.44. The van der Waals surface area contributed by atoms with Gasteiger partial charge in [0.05, 0.1) is 12.3 Å². The molecule has 27 heavy (non-hydrogen) atoms. The van der Waals surface area contributed by atoms with Gasteiger partial charge < -0.3 is 14.8 Å². The lowest BCUT2D eigenvalue weighted by molar-refractivity contribution is -0.118. The molecule has 2 aromatic carbocycles. The lowest BCUT2D eigenvalue weighted by atomic mass is 10.3.